The lowest BCUT2D eigenvalue weighted by atomic mass is 9.63. The number of fused-ring (bicyclic) bond motifs is 1. The minimum atomic E-state index is -0.259. The number of aromatic nitrogens is 1. The number of nitrogens with two attached hydrogens (primary N) is 1. The number of hydrogen-bond donors (Lipinski definition) is 1. The highest BCUT2D eigenvalue weighted by Gasteiger charge is 2.37. The van der Waals surface area contributed by atoms with Crippen LogP contribution in [0.5, 0.6) is 0 Å². The van der Waals surface area contributed by atoms with Crippen molar-refractivity contribution in [1.29, 1.82) is 0 Å². The van der Waals surface area contributed by atoms with Crippen molar-refractivity contribution in [3.8, 4) is 11.3 Å². The second-order valence-electron chi connectivity index (χ2n) is 11.9. The first-order chi connectivity index (χ1) is 17.1. The molecule has 0 saturated carbocycles. The number of benzene rings is 1. The fourth-order valence-corrected chi connectivity index (χ4v) is 6.76. The van der Waals surface area contributed by atoms with Gasteiger partial charge in [-0.15, -0.1) is 11.3 Å². The molecule has 0 spiro atoms. The Morgan fingerprint density at radius 2 is 1.86 bits per heavy atom. The van der Waals surface area contributed by atoms with E-state index < -0.39 is 0 Å². The minimum absolute atomic E-state index is 0.154. The molecule has 2 N–H and O–H groups in total. The molecule has 1 aromatic carbocycles. The van der Waals surface area contributed by atoms with Crippen LogP contribution >= 0.6 is 11.3 Å². The molecular formula is C28H40N4O3S. The number of rotatable bonds is 4. The van der Waals surface area contributed by atoms with E-state index in [1.165, 1.54) is 34.5 Å². The van der Waals surface area contributed by atoms with Crippen molar-refractivity contribution in [3.63, 3.8) is 0 Å². The van der Waals surface area contributed by atoms with E-state index in [9.17, 15) is 4.79 Å². The number of hydrazine groups is 1. The molecule has 2 fully saturated rings. The molecule has 1 aromatic heterocycles. The molecule has 1 atom stereocenters. The molecule has 2 aromatic rings. The first-order valence-electron chi connectivity index (χ1n) is 13.3. The molecule has 7 nitrogen and oxygen atoms in total. The average Bonchev–Trinajstić information content (AvgIpc) is 3.36. The molecule has 36 heavy (non-hydrogen) atoms. The number of thiazole rings is 1. The van der Waals surface area contributed by atoms with Crippen LogP contribution in [-0.2, 0) is 20.3 Å². The normalized spacial score (nSPS) is 24.4. The third-order valence-electron chi connectivity index (χ3n) is 8.34. The van der Waals surface area contributed by atoms with Crippen molar-refractivity contribution in [1.82, 2.24) is 14.9 Å². The predicted molar refractivity (Wildman–Crippen MR) is 143 cm³/mol. The maximum Gasteiger partial charge on any atom is 0.409 e. The van der Waals surface area contributed by atoms with E-state index in [0.717, 1.165) is 18.5 Å². The number of hydrogen-bond acceptors (Lipinski definition) is 7. The van der Waals surface area contributed by atoms with Gasteiger partial charge in [0.05, 0.1) is 17.3 Å². The van der Waals surface area contributed by atoms with E-state index in [2.05, 4.69) is 51.3 Å². The lowest BCUT2D eigenvalue weighted by Gasteiger charge is -2.42. The van der Waals surface area contributed by atoms with Crippen molar-refractivity contribution in [2.24, 2.45) is 5.84 Å². The van der Waals surface area contributed by atoms with Crippen molar-refractivity contribution >= 4 is 17.4 Å². The molecule has 5 rings (SSSR count). The second-order valence-corrected chi connectivity index (χ2v) is 12.8. The van der Waals surface area contributed by atoms with Gasteiger partial charge in [-0.05, 0) is 53.7 Å². The van der Waals surface area contributed by atoms with Gasteiger partial charge in [0.1, 0.15) is 12.7 Å². The van der Waals surface area contributed by atoms with Gasteiger partial charge in [-0.3, -0.25) is 5.84 Å². The summed E-state index contributed by atoms with van der Waals surface area (Å²) in [6.07, 6.45) is 3.83. The Bertz CT molecular complexity index is 1090. The van der Waals surface area contributed by atoms with Gasteiger partial charge in [0.15, 0.2) is 0 Å². The first-order valence-corrected chi connectivity index (χ1v) is 14.1. The van der Waals surface area contributed by atoms with E-state index in [1.54, 1.807) is 21.2 Å². The second kappa shape index (κ2) is 10.0. The monoisotopic (exact) mass is 512 g/mol. The predicted octanol–water partition coefficient (Wildman–Crippen LogP) is 5.05. The van der Waals surface area contributed by atoms with Gasteiger partial charge in [0.2, 0.25) is 0 Å². The summed E-state index contributed by atoms with van der Waals surface area (Å²) >= 11 is 1.75. The molecule has 2 aliphatic heterocycles. The number of nitrogens with zero attached hydrogens (tertiary/aromatic N) is 3. The number of carbonyl (C=O) groups excluding carboxylic acids is 1. The molecule has 8 heteroatoms. The number of ether oxygens (including phenoxy) is 2. The highest BCUT2D eigenvalue weighted by atomic mass is 32.1. The summed E-state index contributed by atoms with van der Waals surface area (Å²) in [6.45, 7) is 12.9. The van der Waals surface area contributed by atoms with Crippen LogP contribution in [-0.4, -0.2) is 66.5 Å². The summed E-state index contributed by atoms with van der Waals surface area (Å²) in [7, 11) is 0. The van der Waals surface area contributed by atoms with Crippen LogP contribution in [0.25, 0.3) is 11.3 Å². The van der Waals surface area contributed by atoms with Crippen LogP contribution in [0.1, 0.15) is 75.4 Å². The lowest BCUT2D eigenvalue weighted by molar-refractivity contribution is -0.0596. The third-order valence-corrected chi connectivity index (χ3v) is 9.34. The summed E-state index contributed by atoms with van der Waals surface area (Å²) in [6, 6.07) is 6.96. The molecule has 2 saturated heterocycles. The number of morpholine rings is 1. The maximum absolute atomic E-state index is 12.6. The molecule has 1 unspecified atom stereocenters. The SMILES string of the molecule is CC1(C)CCC(C)(C)c2cc(-c3csc(C4CCN(C(=O)OCC5CN(N)CCO5)CC4)n3)ccc21. The van der Waals surface area contributed by atoms with E-state index >= 15 is 0 Å². The smallest absolute Gasteiger partial charge is 0.409 e. The summed E-state index contributed by atoms with van der Waals surface area (Å²) in [5.74, 6) is 6.22. The van der Waals surface area contributed by atoms with Crippen LogP contribution in [0.15, 0.2) is 23.6 Å². The average molecular weight is 513 g/mol. The molecule has 1 amide bonds. The standard InChI is InChI=1S/C28H40N4O3S/c1-27(2)9-10-28(3,4)23-15-20(5-6-22(23)27)24-18-36-25(30-24)19-7-11-31(12-8-19)26(33)35-17-21-16-32(29)13-14-34-21/h5-6,15,18-19,21H,7-14,16-17,29H2,1-4H3. The highest BCUT2D eigenvalue weighted by Crippen LogP contribution is 2.47. The summed E-state index contributed by atoms with van der Waals surface area (Å²) in [5, 5.41) is 5.08. The van der Waals surface area contributed by atoms with Gasteiger partial charge >= 0.3 is 6.09 Å². The van der Waals surface area contributed by atoms with Gasteiger partial charge in [0.25, 0.3) is 0 Å². The van der Waals surface area contributed by atoms with Crippen LogP contribution in [0, 0.1) is 0 Å². The largest absolute Gasteiger partial charge is 0.447 e. The highest BCUT2D eigenvalue weighted by molar-refractivity contribution is 7.10. The Morgan fingerprint density at radius 3 is 2.58 bits per heavy atom. The third kappa shape index (κ3) is 5.32. The van der Waals surface area contributed by atoms with Gasteiger partial charge in [-0.1, -0.05) is 39.8 Å². The van der Waals surface area contributed by atoms with E-state index in [1.807, 2.05) is 0 Å². The lowest BCUT2D eigenvalue weighted by Crippen LogP contribution is -2.48. The quantitative estimate of drug-likeness (QED) is 0.578. The van der Waals surface area contributed by atoms with Crippen molar-refractivity contribution in [2.75, 3.05) is 39.4 Å². The molecular weight excluding hydrogens is 472 g/mol. The molecule has 0 bridgehead atoms. The Balaban J connectivity index is 1.19. The van der Waals surface area contributed by atoms with Crippen molar-refractivity contribution in [3.05, 3.63) is 39.7 Å². The fourth-order valence-electron chi connectivity index (χ4n) is 5.76. The minimum Gasteiger partial charge on any atom is -0.447 e. The molecule has 3 aliphatic rings. The van der Waals surface area contributed by atoms with Gasteiger partial charge in [0, 0.05) is 43.0 Å². The maximum atomic E-state index is 12.6. The Morgan fingerprint density at radius 1 is 1.14 bits per heavy atom. The van der Waals surface area contributed by atoms with Crippen LogP contribution in [0.3, 0.4) is 0 Å². The number of carbonyl (C=O) groups is 1. The van der Waals surface area contributed by atoms with Crippen LogP contribution in [0.2, 0.25) is 0 Å². The summed E-state index contributed by atoms with van der Waals surface area (Å²) < 4.78 is 11.1. The van der Waals surface area contributed by atoms with E-state index in [4.69, 9.17) is 20.3 Å². The van der Waals surface area contributed by atoms with Crippen molar-refractivity contribution < 1.29 is 14.3 Å². The van der Waals surface area contributed by atoms with Gasteiger partial charge in [-0.25, -0.2) is 14.8 Å². The van der Waals surface area contributed by atoms with Crippen LogP contribution < -0.4 is 5.84 Å². The molecule has 196 valence electrons. The Hall–Kier alpha value is -2.00. The molecule has 3 heterocycles. The Kier molecular flexibility index (Phi) is 7.15. The van der Waals surface area contributed by atoms with Gasteiger partial charge in [-0.2, -0.15) is 0 Å². The zero-order valence-corrected chi connectivity index (χ0v) is 22.9. The molecule has 1 aliphatic carbocycles. The summed E-state index contributed by atoms with van der Waals surface area (Å²) in [4.78, 5) is 19.4. The zero-order chi connectivity index (χ0) is 25.5. The van der Waals surface area contributed by atoms with E-state index in [-0.39, 0.29) is 29.6 Å². The zero-order valence-electron chi connectivity index (χ0n) is 22.1. The van der Waals surface area contributed by atoms with Crippen molar-refractivity contribution in [2.45, 2.75) is 76.2 Å². The Labute approximate surface area is 218 Å². The van der Waals surface area contributed by atoms with E-state index in [0.29, 0.717) is 38.7 Å². The van der Waals surface area contributed by atoms with Gasteiger partial charge < -0.3 is 14.4 Å². The number of amides is 1. The topological polar surface area (TPSA) is 80.9 Å². The fraction of sp³-hybridized carbons (Fsp3) is 0.643. The van der Waals surface area contributed by atoms with Crippen LogP contribution in [0.4, 0.5) is 4.79 Å². The number of piperidine rings is 1. The molecule has 0 radical (unpaired) electrons. The number of likely N-dealkylation sites (tertiary alicyclic amines) is 1. The first kappa shape index (κ1) is 25.6. The summed E-state index contributed by atoms with van der Waals surface area (Å²) in [5.41, 5.74) is 5.64.